The average Bonchev–Trinajstić information content (AvgIpc) is 2.87. The van der Waals surface area contributed by atoms with E-state index < -0.39 is 0 Å². The van der Waals surface area contributed by atoms with Crippen LogP contribution in [0.25, 0.3) is 0 Å². The fraction of sp³-hybridized carbons (Fsp3) is 0.875. The van der Waals surface area contributed by atoms with Crippen LogP contribution in [0.15, 0.2) is 4.52 Å². The summed E-state index contributed by atoms with van der Waals surface area (Å²) >= 11 is 0. The van der Waals surface area contributed by atoms with Gasteiger partial charge >= 0.3 is 0 Å². The highest BCUT2D eigenvalue weighted by Crippen LogP contribution is 2.37. The third-order valence-corrected chi connectivity index (χ3v) is 4.46. The maximum atomic E-state index is 5.37. The van der Waals surface area contributed by atoms with Crippen LogP contribution in [-0.2, 0) is 6.42 Å². The highest BCUT2D eigenvalue weighted by atomic mass is 16.5. The van der Waals surface area contributed by atoms with Gasteiger partial charge in [0.1, 0.15) is 0 Å². The highest BCUT2D eigenvalue weighted by molar-refractivity contribution is 4.98. The van der Waals surface area contributed by atoms with Gasteiger partial charge in [0.15, 0.2) is 5.82 Å². The van der Waals surface area contributed by atoms with E-state index in [1.807, 2.05) is 0 Å². The van der Waals surface area contributed by atoms with Gasteiger partial charge in [-0.05, 0) is 37.5 Å². The molecule has 1 fully saturated rings. The lowest BCUT2D eigenvalue weighted by Crippen LogP contribution is -2.25. The number of aromatic nitrogens is 2. The van der Waals surface area contributed by atoms with Crippen molar-refractivity contribution in [1.29, 1.82) is 0 Å². The zero-order valence-corrected chi connectivity index (χ0v) is 13.4. The molecule has 1 aromatic rings. The average molecular weight is 279 g/mol. The molecule has 114 valence electrons. The third-order valence-electron chi connectivity index (χ3n) is 4.46. The first-order chi connectivity index (χ1) is 9.56. The third kappa shape index (κ3) is 4.30. The van der Waals surface area contributed by atoms with Crippen LogP contribution < -0.4 is 5.32 Å². The van der Waals surface area contributed by atoms with E-state index in [2.05, 4.69) is 43.2 Å². The first-order valence-corrected chi connectivity index (χ1v) is 8.12. The van der Waals surface area contributed by atoms with Crippen LogP contribution in [0.1, 0.15) is 71.0 Å². The zero-order chi connectivity index (χ0) is 14.5. The van der Waals surface area contributed by atoms with Crippen LogP contribution in [0.4, 0.5) is 0 Å². The molecular formula is C16H29N3O. The Morgan fingerprint density at radius 2 is 1.85 bits per heavy atom. The van der Waals surface area contributed by atoms with Crippen LogP contribution >= 0.6 is 0 Å². The van der Waals surface area contributed by atoms with Gasteiger partial charge in [-0.15, -0.1) is 0 Å². The number of rotatable bonds is 6. The minimum absolute atomic E-state index is 0.503. The van der Waals surface area contributed by atoms with Crippen LogP contribution in [0.3, 0.4) is 0 Å². The topological polar surface area (TPSA) is 51.0 Å². The second-order valence-electron chi connectivity index (χ2n) is 6.76. The van der Waals surface area contributed by atoms with E-state index in [-0.39, 0.29) is 0 Å². The Morgan fingerprint density at radius 3 is 2.45 bits per heavy atom. The van der Waals surface area contributed by atoms with Crippen LogP contribution in [0, 0.1) is 11.8 Å². The van der Waals surface area contributed by atoms with E-state index in [9.17, 15) is 0 Å². The van der Waals surface area contributed by atoms with Crippen molar-refractivity contribution in [2.45, 2.75) is 71.8 Å². The molecule has 2 rings (SSSR count). The standard InChI is InChI=1S/C16H29N3O/c1-11(2)13-5-7-14(8-6-13)16-18-15(20-19-16)9-10-17-12(3)4/h11-14,17H,5-10H2,1-4H3. The lowest BCUT2D eigenvalue weighted by atomic mass is 9.77. The summed E-state index contributed by atoms with van der Waals surface area (Å²) in [4.78, 5) is 4.58. The lowest BCUT2D eigenvalue weighted by Gasteiger charge is -2.29. The van der Waals surface area contributed by atoms with Gasteiger partial charge in [-0.25, -0.2) is 0 Å². The molecule has 1 aromatic heterocycles. The van der Waals surface area contributed by atoms with Gasteiger partial charge < -0.3 is 9.84 Å². The first kappa shape index (κ1) is 15.5. The maximum Gasteiger partial charge on any atom is 0.227 e. The smallest absolute Gasteiger partial charge is 0.227 e. The molecule has 1 saturated carbocycles. The van der Waals surface area contributed by atoms with Gasteiger partial charge in [0.25, 0.3) is 0 Å². The molecule has 0 radical (unpaired) electrons. The lowest BCUT2D eigenvalue weighted by molar-refractivity contribution is 0.251. The van der Waals surface area contributed by atoms with E-state index in [1.54, 1.807) is 0 Å². The number of hydrogen-bond acceptors (Lipinski definition) is 4. The molecule has 1 aliphatic rings. The normalized spacial score (nSPS) is 23.7. The molecule has 4 heteroatoms. The molecule has 1 heterocycles. The van der Waals surface area contributed by atoms with Crippen molar-refractivity contribution in [3.63, 3.8) is 0 Å². The van der Waals surface area contributed by atoms with Crippen molar-refractivity contribution in [3.05, 3.63) is 11.7 Å². The summed E-state index contributed by atoms with van der Waals surface area (Å²) < 4.78 is 5.37. The Morgan fingerprint density at radius 1 is 1.15 bits per heavy atom. The predicted molar refractivity (Wildman–Crippen MR) is 80.7 cm³/mol. The van der Waals surface area contributed by atoms with Crippen molar-refractivity contribution < 1.29 is 4.52 Å². The molecule has 0 spiro atoms. The van der Waals surface area contributed by atoms with Crippen molar-refractivity contribution >= 4 is 0 Å². The van der Waals surface area contributed by atoms with Crippen molar-refractivity contribution in [3.8, 4) is 0 Å². The van der Waals surface area contributed by atoms with Crippen LogP contribution in [0.2, 0.25) is 0 Å². The summed E-state index contributed by atoms with van der Waals surface area (Å²) in [6.45, 7) is 9.86. The molecule has 20 heavy (non-hydrogen) atoms. The largest absolute Gasteiger partial charge is 0.339 e. The number of hydrogen-bond donors (Lipinski definition) is 1. The summed E-state index contributed by atoms with van der Waals surface area (Å²) in [6, 6.07) is 0.503. The van der Waals surface area contributed by atoms with E-state index in [4.69, 9.17) is 4.52 Å². The molecule has 1 aliphatic carbocycles. The monoisotopic (exact) mass is 279 g/mol. The molecule has 0 unspecified atom stereocenters. The number of nitrogens with one attached hydrogen (secondary N) is 1. The highest BCUT2D eigenvalue weighted by Gasteiger charge is 2.27. The van der Waals surface area contributed by atoms with Crippen molar-refractivity contribution in [2.75, 3.05) is 6.54 Å². The zero-order valence-electron chi connectivity index (χ0n) is 13.4. The van der Waals surface area contributed by atoms with E-state index in [1.165, 1.54) is 25.7 Å². The van der Waals surface area contributed by atoms with Crippen molar-refractivity contribution in [1.82, 2.24) is 15.5 Å². The maximum absolute atomic E-state index is 5.37. The van der Waals surface area contributed by atoms with Crippen LogP contribution in [0.5, 0.6) is 0 Å². The predicted octanol–water partition coefficient (Wildman–Crippen LogP) is 3.54. The molecular weight excluding hydrogens is 250 g/mol. The minimum atomic E-state index is 0.503. The molecule has 0 atom stereocenters. The van der Waals surface area contributed by atoms with Crippen molar-refractivity contribution in [2.24, 2.45) is 11.8 Å². The SMILES string of the molecule is CC(C)NCCc1nc(C2CCC(C(C)C)CC2)no1. The second kappa shape index (κ2) is 7.21. The van der Waals surface area contributed by atoms with Gasteiger partial charge in [0.2, 0.25) is 5.89 Å². The van der Waals surface area contributed by atoms with E-state index in [0.717, 1.165) is 36.5 Å². The fourth-order valence-corrected chi connectivity index (χ4v) is 3.05. The van der Waals surface area contributed by atoms with Gasteiger partial charge in [-0.2, -0.15) is 4.98 Å². The molecule has 0 aliphatic heterocycles. The fourth-order valence-electron chi connectivity index (χ4n) is 3.05. The summed E-state index contributed by atoms with van der Waals surface area (Å²) in [5.74, 6) is 3.91. The summed E-state index contributed by atoms with van der Waals surface area (Å²) in [7, 11) is 0. The van der Waals surface area contributed by atoms with Gasteiger partial charge in [0.05, 0.1) is 0 Å². The molecule has 1 N–H and O–H groups in total. The van der Waals surface area contributed by atoms with Crippen LogP contribution in [-0.4, -0.2) is 22.7 Å². The van der Waals surface area contributed by atoms with Gasteiger partial charge in [-0.3, -0.25) is 0 Å². The molecule has 0 saturated heterocycles. The molecule has 0 bridgehead atoms. The molecule has 0 aromatic carbocycles. The Hall–Kier alpha value is -0.900. The van der Waals surface area contributed by atoms with Gasteiger partial charge in [0, 0.05) is 24.9 Å². The Balaban J connectivity index is 1.81. The van der Waals surface area contributed by atoms with E-state index in [0.29, 0.717) is 12.0 Å². The second-order valence-corrected chi connectivity index (χ2v) is 6.76. The number of nitrogens with zero attached hydrogens (tertiary/aromatic N) is 2. The first-order valence-electron chi connectivity index (χ1n) is 8.12. The Bertz CT molecular complexity index is 392. The summed E-state index contributed by atoms with van der Waals surface area (Å²) in [5, 5.41) is 7.57. The molecule has 4 nitrogen and oxygen atoms in total. The van der Waals surface area contributed by atoms with E-state index >= 15 is 0 Å². The Labute approximate surface area is 122 Å². The van der Waals surface area contributed by atoms with Gasteiger partial charge in [-0.1, -0.05) is 32.9 Å². The molecule has 0 amide bonds. The minimum Gasteiger partial charge on any atom is -0.339 e. The summed E-state index contributed by atoms with van der Waals surface area (Å²) in [6.07, 6.45) is 5.87. The Kier molecular flexibility index (Phi) is 5.58. The quantitative estimate of drug-likeness (QED) is 0.865. The summed E-state index contributed by atoms with van der Waals surface area (Å²) in [5.41, 5.74) is 0.